The van der Waals surface area contributed by atoms with Gasteiger partial charge < -0.3 is 14.7 Å². The van der Waals surface area contributed by atoms with E-state index in [1.54, 1.807) is 56.6 Å². The van der Waals surface area contributed by atoms with Crippen molar-refractivity contribution in [3.05, 3.63) is 28.7 Å². The van der Waals surface area contributed by atoms with Crippen LogP contribution < -0.4 is 4.90 Å². The normalized spacial score (nSPS) is 15.0. The molecule has 1 radical (unpaired) electrons. The van der Waals surface area contributed by atoms with E-state index >= 15 is 0 Å². The average molecular weight is 500 g/mol. The van der Waals surface area contributed by atoms with Crippen LogP contribution in [0.1, 0.15) is 72.1 Å². The van der Waals surface area contributed by atoms with Gasteiger partial charge >= 0.3 is 7.48 Å². The molecule has 6 nitrogen and oxygen atoms in total. The number of aliphatic hydroxyl groups is 1. The molecule has 0 unspecified atom stereocenters. The molecule has 0 aromatic carbocycles. The minimum absolute atomic E-state index is 0.0688. The second-order valence-electron chi connectivity index (χ2n) is 9.74. The van der Waals surface area contributed by atoms with Crippen molar-refractivity contribution in [1.82, 2.24) is 0 Å². The summed E-state index contributed by atoms with van der Waals surface area (Å²) in [6.07, 6.45) is 6.34. The molecule has 3 heterocycles. The lowest BCUT2D eigenvalue weighted by atomic mass is 9.78. The zero-order valence-electron chi connectivity index (χ0n) is 21.1. The van der Waals surface area contributed by atoms with Crippen molar-refractivity contribution in [3.8, 4) is 0 Å². The summed E-state index contributed by atoms with van der Waals surface area (Å²) in [5.74, 6) is 0. The van der Waals surface area contributed by atoms with Gasteiger partial charge in [-0.2, -0.15) is 0 Å². The second-order valence-corrected chi connectivity index (χ2v) is 11.9. The summed E-state index contributed by atoms with van der Waals surface area (Å²) >= 11 is 3.43. The van der Waals surface area contributed by atoms with E-state index in [0.717, 1.165) is 18.0 Å². The van der Waals surface area contributed by atoms with Gasteiger partial charge in [-0.05, 0) is 58.1 Å². The van der Waals surface area contributed by atoms with Gasteiger partial charge in [-0.1, -0.05) is 26.7 Å². The Balaban J connectivity index is 1.79. The van der Waals surface area contributed by atoms with Crippen LogP contribution in [0.15, 0.2) is 28.8 Å². The maximum atomic E-state index is 10.3. The summed E-state index contributed by atoms with van der Waals surface area (Å²) in [7, 11) is 1.43. The zero-order valence-corrected chi connectivity index (χ0v) is 22.8. The summed E-state index contributed by atoms with van der Waals surface area (Å²) in [5, 5.41) is 28.6. The van der Waals surface area contributed by atoms with Gasteiger partial charge in [0.15, 0.2) is 0 Å². The van der Waals surface area contributed by atoms with Crippen LogP contribution in [0.5, 0.6) is 0 Å². The number of nitrogens with one attached hydrogen (secondary N) is 2. The monoisotopic (exact) mass is 499 g/mol. The lowest BCUT2D eigenvalue weighted by molar-refractivity contribution is -0.0895. The lowest BCUT2D eigenvalue weighted by Gasteiger charge is -2.37. The molecule has 9 heteroatoms. The van der Waals surface area contributed by atoms with E-state index in [0.29, 0.717) is 11.2 Å². The quantitative estimate of drug-likeness (QED) is 0.302. The Bertz CT molecular complexity index is 1070. The standard InChI is InChI=1S/C25H36BN4O2S2/c1-7-9-11-30(12-10-8-2)20-14-18-17(34-20)13-19(33-18)23-22(28)21(27)16(15-29-23)26-32-25(5,6)24(3,4)31/h13-15,27-28,31H,7-12H2,1-6H3. The van der Waals surface area contributed by atoms with Crippen LogP contribution in [-0.2, 0) is 4.65 Å². The molecule has 0 bridgehead atoms. The van der Waals surface area contributed by atoms with Crippen LogP contribution in [0, 0.1) is 10.8 Å². The van der Waals surface area contributed by atoms with E-state index in [1.807, 2.05) is 0 Å². The molecular weight excluding hydrogens is 463 g/mol. The van der Waals surface area contributed by atoms with Crippen molar-refractivity contribution in [1.29, 1.82) is 10.8 Å². The van der Waals surface area contributed by atoms with Crippen molar-refractivity contribution >= 4 is 61.7 Å². The number of allylic oxidation sites excluding steroid dienone is 1. The molecule has 0 saturated heterocycles. The van der Waals surface area contributed by atoms with Gasteiger partial charge in [0.1, 0.15) is 11.4 Å². The summed E-state index contributed by atoms with van der Waals surface area (Å²) in [6, 6.07) is 4.36. The SMILES string of the molecule is CCCCN(CCCC)c1cc2sc(C3=NC=C([B]OC(C)(C)C(C)(C)O)C(=N)C3=N)cc2s1. The zero-order chi connectivity index (χ0) is 25.1. The van der Waals surface area contributed by atoms with Crippen LogP contribution >= 0.6 is 22.7 Å². The molecule has 3 N–H and O–H groups in total. The topological polar surface area (TPSA) is 92.8 Å². The summed E-state index contributed by atoms with van der Waals surface area (Å²) in [6.45, 7) is 13.6. The predicted octanol–water partition coefficient (Wildman–Crippen LogP) is 6.24. The van der Waals surface area contributed by atoms with Gasteiger partial charge in [-0.25, -0.2) is 0 Å². The fourth-order valence-corrected chi connectivity index (χ4v) is 5.73. The molecule has 0 atom stereocenters. The molecule has 2 aromatic rings. The van der Waals surface area contributed by atoms with Crippen LogP contribution in [0.25, 0.3) is 9.40 Å². The molecule has 1 aliphatic rings. The first-order valence-electron chi connectivity index (χ1n) is 12.0. The summed E-state index contributed by atoms with van der Waals surface area (Å²) in [4.78, 5) is 7.92. The number of hydrogen-bond acceptors (Lipinski definition) is 8. The molecule has 0 aliphatic carbocycles. The van der Waals surface area contributed by atoms with Crippen molar-refractivity contribution in [2.75, 3.05) is 18.0 Å². The second kappa shape index (κ2) is 10.9. The van der Waals surface area contributed by atoms with Crippen molar-refractivity contribution in [2.45, 2.75) is 78.4 Å². The Labute approximate surface area is 212 Å². The fourth-order valence-electron chi connectivity index (χ4n) is 3.28. The number of fused-ring (bicyclic) bond motifs is 1. The summed E-state index contributed by atoms with van der Waals surface area (Å²) < 4.78 is 8.17. The number of thiophene rings is 2. The van der Waals surface area contributed by atoms with Crippen molar-refractivity contribution in [3.63, 3.8) is 0 Å². The summed E-state index contributed by atoms with van der Waals surface area (Å²) in [5.41, 5.74) is -0.813. The van der Waals surface area contributed by atoms with Crippen LogP contribution in [-0.4, -0.2) is 54.0 Å². The molecule has 0 spiro atoms. The van der Waals surface area contributed by atoms with Crippen LogP contribution in [0.4, 0.5) is 5.00 Å². The highest BCUT2D eigenvalue weighted by molar-refractivity contribution is 7.31. The molecule has 183 valence electrons. The van der Waals surface area contributed by atoms with E-state index in [9.17, 15) is 5.11 Å². The maximum absolute atomic E-state index is 10.3. The van der Waals surface area contributed by atoms with Crippen LogP contribution in [0.3, 0.4) is 0 Å². The molecule has 2 aromatic heterocycles. The highest BCUT2D eigenvalue weighted by Gasteiger charge is 2.37. The predicted molar refractivity (Wildman–Crippen MR) is 149 cm³/mol. The number of hydrogen-bond donors (Lipinski definition) is 3. The van der Waals surface area contributed by atoms with Gasteiger partial charge in [-0.15, -0.1) is 22.7 Å². The van der Waals surface area contributed by atoms with E-state index in [2.05, 4.69) is 35.9 Å². The Morgan fingerprint density at radius 2 is 1.62 bits per heavy atom. The first-order valence-corrected chi connectivity index (χ1v) is 13.6. The molecule has 3 rings (SSSR count). The van der Waals surface area contributed by atoms with Gasteiger partial charge in [-0.3, -0.25) is 15.8 Å². The highest BCUT2D eigenvalue weighted by atomic mass is 32.1. The van der Waals surface area contributed by atoms with E-state index < -0.39 is 11.2 Å². The van der Waals surface area contributed by atoms with Gasteiger partial charge in [0.25, 0.3) is 0 Å². The minimum atomic E-state index is -1.06. The van der Waals surface area contributed by atoms with E-state index in [1.165, 1.54) is 47.6 Å². The fraction of sp³-hybridized carbons (Fsp3) is 0.560. The van der Waals surface area contributed by atoms with Gasteiger partial charge in [0, 0.05) is 28.7 Å². The first-order chi connectivity index (χ1) is 16.0. The van der Waals surface area contributed by atoms with Gasteiger partial charge in [0.2, 0.25) is 0 Å². The number of aliphatic imine (C=N–C) groups is 1. The third kappa shape index (κ3) is 5.87. The number of nitrogens with zero attached hydrogens (tertiary/aromatic N) is 2. The van der Waals surface area contributed by atoms with Crippen LogP contribution in [0.2, 0.25) is 0 Å². The van der Waals surface area contributed by atoms with Gasteiger partial charge in [0.05, 0.1) is 26.8 Å². The Hall–Kier alpha value is -1.81. The third-order valence-electron chi connectivity index (χ3n) is 6.36. The smallest absolute Gasteiger partial charge is 0.334 e. The molecule has 0 amide bonds. The van der Waals surface area contributed by atoms with Crippen molar-refractivity contribution in [2.24, 2.45) is 4.99 Å². The van der Waals surface area contributed by atoms with E-state index in [4.69, 9.17) is 15.5 Å². The largest absolute Gasteiger partial charge is 0.426 e. The van der Waals surface area contributed by atoms with Crippen molar-refractivity contribution < 1.29 is 9.76 Å². The molecule has 0 fully saturated rings. The molecule has 0 saturated carbocycles. The number of rotatable bonds is 12. The Morgan fingerprint density at radius 1 is 1.00 bits per heavy atom. The molecule has 1 aliphatic heterocycles. The Kier molecular flexibility index (Phi) is 8.55. The number of unbranched alkanes of at least 4 members (excludes halogenated alkanes) is 2. The Morgan fingerprint density at radius 3 is 2.18 bits per heavy atom. The average Bonchev–Trinajstić information content (AvgIpc) is 3.33. The third-order valence-corrected chi connectivity index (χ3v) is 8.73. The highest BCUT2D eigenvalue weighted by Crippen LogP contribution is 2.39. The van der Waals surface area contributed by atoms with E-state index in [-0.39, 0.29) is 11.4 Å². The number of anilines is 1. The first kappa shape index (κ1) is 26.8. The minimum Gasteiger partial charge on any atom is -0.426 e. The lowest BCUT2D eigenvalue weighted by Crippen LogP contribution is -2.48. The molecular formula is C25H36BN4O2S2. The molecule has 34 heavy (non-hydrogen) atoms. The maximum Gasteiger partial charge on any atom is 0.334 e.